The number of methoxy groups -OCH3 is 1. The number of Topliss-reactive ketones (excluding diaryl/α,β-unsaturated/α-hetero) is 1. The zero-order chi connectivity index (χ0) is 28.3. The van der Waals surface area contributed by atoms with Crippen LogP contribution in [-0.2, 0) is 21.4 Å². The highest BCUT2D eigenvalue weighted by molar-refractivity contribution is 9.10. The van der Waals surface area contributed by atoms with Crippen LogP contribution in [0.25, 0.3) is 0 Å². The van der Waals surface area contributed by atoms with E-state index in [1.807, 2.05) is 31.2 Å². The van der Waals surface area contributed by atoms with Gasteiger partial charge in [-0.3, -0.25) is 14.5 Å². The second-order valence-electron chi connectivity index (χ2n) is 10.1. The minimum absolute atomic E-state index is 0.00305. The van der Waals surface area contributed by atoms with Crippen LogP contribution in [0.2, 0.25) is 0 Å². The first-order valence-electron chi connectivity index (χ1n) is 12.8. The number of nitrogens with one attached hydrogen (secondary N) is 1. The number of carbonyl (C=O) groups excluding carboxylic acids is 1. The van der Waals surface area contributed by atoms with Crippen molar-refractivity contribution in [3.63, 3.8) is 0 Å². The molecule has 0 bridgehead atoms. The zero-order valence-corrected chi connectivity index (χ0v) is 24.9. The van der Waals surface area contributed by atoms with E-state index in [-0.39, 0.29) is 24.0 Å². The number of hydrogen-bond donors (Lipinski definition) is 1. The summed E-state index contributed by atoms with van der Waals surface area (Å²) in [4.78, 5) is 18.2. The van der Waals surface area contributed by atoms with Crippen LogP contribution in [0.3, 0.4) is 0 Å². The fourth-order valence-electron chi connectivity index (χ4n) is 5.41. The molecule has 2 aromatic carbocycles. The molecule has 0 amide bonds. The Kier molecular flexibility index (Phi) is 8.82. The molecule has 0 fully saturated rings. The van der Waals surface area contributed by atoms with Gasteiger partial charge in [-0.2, -0.15) is 5.26 Å². The van der Waals surface area contributed by atoms with Crippen LogP contribution >= 0.6 is 15.9 Å². The number of anilines is 1. The Bertz CT molecular complexity index is 1490. The summed E-state index contributed by atoms with van der Waals surface area (Å²) in [6.07, 6.45) is 4.11. The molecule has 2 aliphatic rings. The van der Waals surface area contributed by atoms with Crippen LogP contribution in [0, 0.1) is 23.2 Å². The maximum Gasteiger partial charge on any atom is 0.229 e. The van der Waals surface area contributed by atoms with Crippen LogP contribution in [0.1, 0.15) is 56.6 Å². The number of aliphatic imine (C=N–C) groups is 1. The van der Waals surface area contributed by atoms with Crippen LogP contribution < -0.4 is 14.2 Å². The molecular weight excluding hydrogens is 582 g/mol. The predicted octanol–water partition coefficient (Wildman–Crippen LogP) is 6.14. The number of nitriles is 1. The lowest BCUT2D eigenvalue weighted by atomic mass is 9.70. The van der Waals surface area contributed by atoms with Crippen molar-refractivity contribution < 1.29 is 22.7 Å². The Hall–Kier alpha value is -3.16. The lowest BCUT2D eigenvalue weighted by molar-refractivity contribution is -0.117. The molecule has 1 aliphatic carbocycles. The number of rotatable bonds is 9. The van der Waals surface area contributed by atoms with Crippen LogP contribution in [0.4, 0.5) is 5.69 Å². The van der Waals surface area contributed by atoms with E-state index in [1.165, 1.54) is 0 Å². The second kappa shape index (κ2) is 11.9. The molecule has 206 valence electrons. The first-order valence-corrected chi connectivity index (χ1v) is 15.5. The Morgan fingerprint density at radius 1 is 1.23 bits per heavy atom. The molecule has 1 heterocycles. The van der Waals surface area contributed by atoms with Crippen LogP contribution in [-0.4, -0.2) is 33.3 Å². The van der Waals surface area contributed by atoms with E-state index in [4.69, 9.17) is 14.5 Å². The van der Waals surface area contributed by atoms with Gasteiger partial charge in [0.15, 0.2) is 11.5 Å². The molecule has 39 heavy (non-hydrogen) atoms. The van der Waals surface area contributed by atoms with E-state index in [0.717, 1.165) is 30.4 Å². The Morgan fingerprint density at radius 2 is 2.00 bits per heavy atom. The highest BCUT2D eigenvalue weighted by atomic mass is 79.9. The molecule has 2 aromatic rings. The summed E-state index contributed by atoms with van der Waals surface area (Å²) < 4.78 is 39.1. The largest absolute Gasteiger partial charge is 0.497 e. The molecule has 8 nitrogen and oxygen atoms in total. The van der Waals surface area contributed by atoms with Crippen molar-refractivity contribution in [3.05, 3.63) is 63.3 Å². The lowest BCUT2D eigenvalue weighted by Crippen LogP contribution is -2.32. The molecule has 3 unspecified atom stereocenters. The highest BCUT2D eigenvalue weighted by Gasteiger charge is 2.41. The predicted molar refractivity (Wildman–Crippen MR) is 155 cm³/mol. The van der Waals surface area contributed by atoms with Gasteiger partial charge in [-0.25, -0.2) is 8.42 Å². The summed E-state index contributed by atoms with van der Waals surface area (Å²) in [6.45, 7) is 4.08. The standard InChI is InChI=1S/C29H32BrN3O5S/c1-5-7-18-11-24-28(26(34)12-18)27(22(15-31)17(2)32-24)20-13-23(30)29(25(14-20)33-39(4,35)36)38-16-19-8-6-9-21(10-19)37-3/h6,8-10,13-14,18,22,27,33H,5,7,11-12,16H2,1-4H3. The van der Waals surface area contributed by atoms with Gasteiger partial charge in [-0.1, -0.05) is 25.5 Å². The second-order valence-corrected chi connectivity index (χ2v) is 12.7. The SMILES string of the molecule is CCCC1CC(=O)C2=C(C1)N=C(C)C(C#N)C2c1cc(Br)c(OCc2cccc(OC)c2)c(NS(C)(=O)=O)c1. The van der Waals surface area contributed by atoms with Crippen molar-refractivity contribution >= 4 is 43.1 Å². The van der Waals surface area contributed by atoms with Crippen molar-refractivity contribution in [2.75, 3.05) is 18.1 Å². The molecule has 10 heteroatoms. The monoisotopic (exact) mass is 613 g/mol. The van der Waals surface area contributed by atoms with Crippen molar-refractivity contribution in [1.82, 2.24) is 0 Å². The third kappa shape index (κ3) is 6.53. The van der Waals surface area contributed by atoms with Crippen molar-refractivity contribution in [3.8, 4) is 17.6 Å². The van der Waals surface area contributed by atoms with Gasteiger partial charge < -0.3 is 9.47 Å². The number of sulfonamides is 1. The van der Waals surface area contributed by atoms with Crippen molar-refractivity contribution in [2.45, 2.75) is 52.1 Å². The lowest BCUT2D eigenvalue weighted by Gasteiger charge is -2.35. The van der Waals surface area contributed by atoms with E-state index >= 15 is 0 Å². The van der Waals surface area contributed by atoms with E-state index in [2.05, 4.69) is 33.6 Å². The van der Waals surface area contributed by atoms with Gasteiger partial charge in [0.25, 0.3) is 0 Å². The number of carbonyl (C=O) groups is 1. The minimum Gasteiger partial charge on any atom is -0.497 e. The van der Waals surface area contributed by atoms with Gasteiger partial charge in [0.05, 0.1) is 35.5 Å². The van der Waals surface area contributed by atoms with Crippen LogP contribution in [0.15, 0.2) is 57.1 Å². The molecule has 0 radical (unpaired) electrons. The van der Waals surface area contributed by atoms with Gasteiger partial charge in [0.2, 0.25) is 10.0 Å². The summed E-state index contributed by atoms with van der Waals surface area (Å²) >= 11 is 3.57. The Labute approximate surface area is 238 Å². The average Bonchev–Trinajstić information content (AvgIpc) is 2.86. The van der Waals surface area contributed by atoms with E-state index < -0.39 is 21.9 Å². The summed E-state index contributed by atoms with van der Waals surface area (Å²) in [5.74, 6) is -0.00601. The van der Waals surface area contributed by atoms with E-state index in [0.29, 0.717) is 45.7 Å². The average molecular weight is 615 g/mol. The Balaban J connectivity index is 1.78. The molecular formula is C29H32BrN3O5S. The van der Waals surface area contributed by atoms with Crippen molar-refractivity contribution in [2.24, 2.45) is 16.8 Å². The first-order chi connectivity index (χ1) is 18.5. The highest BCUT2D eigenvalue weighted by Crippen LogP contribution is 2.47. The van der Waals surface area contributed by atoms with Gasteiger partial charge >= 0.3 is 0 Å². The van der Waals surface area contributed by atoms with Gasteiger partial charge in [0.1, 0.15) is 12.4 Å². The van der Waals surface area contributed by atoms with E-state index in [1.54, 1.807) is 19.2 Å². The van der Waals surface area contributed by atoms with Gasteiger partial charge in [-0.05, 0) is 77.0 Å². The first kappa shape index (κ1) is 28.8. The fraction of sp³-hybridized carbons (Fsp3) is 0.414. The third-order valence-corrected chi connectivity index (χ3v) is 8.23. The summed E-state index contributed by atoms with van der Waals surface area (Å²) in [6, 6.07) is 13.2. The third-order valence-electron chi connectivity index (χ3n) is 7.05. The summed E-state index contributed by atoms with van der Waals surface area (Å²) in [5, 5.41) is 10.1. The van der Waals surface area contributed by atoms with Gasteiger partial charge in [-0.15, -0.1) is 0 Å². The molecule has 3 atom stereocenters. The molecule has 0 saturated carbocycles. The Morgan fingerprint density at radius 3 is 2.67 bits per heavy atom. The molecule has 0 saturated heterocycles. The molecule has 1 N–H and O–H groups in total. The maximum atomic E-state index is 13.4. The number of allylic oxidation sites excluding steroid dienone is 2. The number of ketones is 1. The van der Waals surface area contributed by atoms with Crippen molar-refractivity contribution in [1.29, 1.82) is 5.26 Å². The topological polar surface area (TPSA) is 118 Å². The number of ether oxygens (including phenoxy) is 2. The van der Waals surface area contributed by atoms with Crippen LogP contribution in [0.5, 0.6) is 11.5 Å². The molecule has 1 aliphatic heterocycles. The smallest absolute Gasteiger partial charge is 0.229 e. The number of halogens is 1. The number of hydrogen-bond acceptors (Lipinski definition) is 7. The molecule has 0 aromatic heterocycles. The quantitative estimate of drug-likeness (QED) is 0.363. The fourth-order valence-corrected chi connectivity index (χ4v) is 6.55. The number of nitrogens with zero attached hydrogens (tertiary/aromatic N) is 2. The minimum atomic E-state index is -3.67. The molecule has 0 spiro atoms. The normalized spacial score (nSPS) is 21.1. The maximum absolute atomic E-state index is 13.4. The zero-order valence-electron chi connectivity index (χ0n) is 22.5. The molecule has 4 rings (SSSR count). The summed E-state index contributed by atoms with van der Waals surface area (Å²) in [5.41, 5.74) is 3.64. The van der Waals surface area contributed by atoms with Gasteiger partial charge in [0, 0.05) is 29.3 Å². The van der Waals surface area contributed by atoms with E-state index in [9.17, 15) is 18.5 Å². The summed E-state index contributed by atoms with van der Waals surface area (Å²) in [7, 11) is -2.09. The number of benzene rings is 2.